The Labute approximate surface area is 209 Å². The summed E-state index contributed by atoms with van der Waals surface area (Å²) < 4.78 is 51.5. The number of benzene rings is 4. The lowest BCUT2D eigenvalue weighted by molar-refractivity contribution is 0.594. The Morgan fingerprint density at radius 3 is 1.09 bits per heavy atom. The van der Waals surface area contributed by atoms with Crippen molar-refractivity contribution in [2.45, 2.75) is 41.2 Å². The minimum atomic E-state index is -3.59. The van der Waals surface area contributed by atoms with Gasteiger partial charge in [-0.25, -0.2) is 16.8 Å². The summed E-state index contributed by atoms with van der Waals surface area (Å²) in [6.45, 7) is 1.91. The van der Waals surface area contributed by atoms with Crippen LogP contribution >= 0.6 is 23.5 Å². The first-order valence-electron chi connectivity index (χ1n) is 10.3. The van der Waals surface area contributed by atoms with Crippen LogP contribution in [0.15, 0.2) is 131 Å². The highest BCUT2D eigenvalue weighted by Crippen LogP contribution is 2.31. The van der Waals surface area contributed by atoms with Crippen molar-refractivity contribution in [2.24, 2.45) is 0 Å². The van der Waals surface area contributed by atoms with Crippen molar-refractivity contribution in [2.75, 3.05) is 6.26 Å². The lowest BCUT2D eigenvalue weighted by Crippen LogP contribution is -2.02. The van der Waals surface area contributed by atoms with E-state index in [9.17, 15) is 16.8 Å². The molecule has 0 aliphatic carbocycles. The van der Waals surface area contributed by atoms with Gasteiger partial charge in [0.25, 0.3) is 0 Å². The van der Waals surface area contributed by atoms with E-state index in [0.29, 0.717) is 0 Å². The fourth-order valence-corrected chi connectivity index (χ4v) is 7.00. The molecule has 0 bridgehead atoms. The molecule has 34 heavy (non-hydrogen) atoms. The third-order valence-corrected chi connectivity index (χ3v) is 10.5. The predicted molar refractivity (Wildman–Crippen MR) is 137 cm³/mol. The van der Waals surface area contributed by atoms with Crippen LogP contribution in [0.3, 0.4) is 0 Å². The van der Waals surface area contributed by atoms with Crippen LogP contribution in [0.25, 0.3) is 0 Å². The number of thioether (sulfide) groups is 1. The minimum absolute atomic E-state index is 0.230. The third kappa shape index (κ3) is 5.25. The topological polar surface area (TPSA) is 68.3 Å². The monoisotopic (exact) mass is 526 g/mol. The predicted octanol–water partition coefficient (Wildman–Crippen LogP) is 6.53. The van der Waals surface area contributed by atoms with Crippen LogP contribution in [0.4, 0.5) is 0 Å². The molecule has 0 spiro atoms. The normalized spacial score (nSPS) is 11.9. The van der Waals surface area contributed by atoms with Gasteiger partial charge in [-0.05, 0) is 98.1 Å². The Kier molecular flexibility index (Phi) is 7.23. The van der Waals surface area contributed by atoms with E-state index < -0.39 is 19.7 Å². The molecule has 4 rings (SSSR count). The first-order valence-corrected chi connectivity index (χ1v) is 15.3. The van der Waals surface area contributed by atoms with Gasteiger partial charge in [0.05, 0.1) is 19.6 Å². The summed E-state index contributed by atoms with van der Waals surface area (Å²) >= 11 is 2.99. The molecular formula is C26H22O4S4. The zero-order chi connectivity index (χ0) is 24.3. The Hall–Kier alpha value is -2.52. The molecule has 0 aliphatic heterocycles. The molecule has 0 fully saturated rings. The number of sulfone groups is 2. The van der Waals surface area contributed by atoms with E-state index in [4.69, 9.17) is 0 Å². The van der Waals surface area contributed by atoms with Crippen molar-refractivity contribution in [3.63, 3.8) is 0 Å². The van der Waals surface area contributed by atoms with Gasteiger partial charge < -0.3 is 0 Å². The van der Waals surface area contributed by atoms with E-state index >= 15 is 0 Å². The molecule has 4 aromatic carbocycles. The first-order chi connectivity index (χ1) is 16.2. The van der Waals surface area contributed by atoms with Crippen LogP contribution in [0.2, 0.25) is 0 Å². The molecule has 0 amide bonds. The van der Waals surface area contributed by atoms with Gasteiger partial charge in [0.1, 0.15) is 0 Å². The van der Waals surface area contributed by atoms with Crippen LogP contribution in [0.1, 0.15) is 5.56 Å². The number of hydrogen-bond donors (Lipinski definition) is 0. The van der Waals surface area contributed by atoms with Gasteiger partial charge in [-0.3, -0.25) is 0 Å². The van der Waals surface area contributed by atoms with Crippen molar-refractivity contribution in [1.82, 2.24) is 0 Å². The average Bonchev–Trinajstić information content (AvgIpc) is 2.85. The highest BCUT2D eigenvalue weighted by Gasteiger charge is 2.19. The van der Waals surface area contributed by atoms with Gasteiger partial charge >= 0.3 is 0 Å². The molecule has 174 valence electrons. The summed E-state index contributed by atoms with van der Waals surface area (Å²) in [4.78, 5) is 3.69. The molecule has 0 atom stereocenters. The van der Waals surface area contributed by atoms with E-state index in [2.05, 4.69) is 0 Å². The van der Waals surface area contributed by atoms with Crippen molar-refractivity contribution < 1.29 is 16.8 Å². The third-order valence-electron chi connectivity index (χ3n) is 5.20. The van der Waals surface area contributed by atoms with Crippen molar-refractivity contribution in [3.05, 3.63) is 103 Å². The molecule has 0 heterocycles. The van der Waals surface area contributed by atoms with Gasteiger partial charge in [-0.2, -0.15) is 0 Å². The lowest BCUT2D eigenvalue weighted by atomic mass is 10.2. The van der Waals surface area contributed by atoms with Crippen LogP contribution < -0.4 is 0 Å². The molecule has 0 aliphatic rings. The van der Waals surface area contributed by atoms with Gasteiger partial charge in [0.2, 0.25) is 19.7 Å². The Bertz CT molecular complexity index is 1490. The largest absolute Gasteiger partial charge is 0.219 e. The lowest BCUT2D eigenvalue weighted by Gasteiger charge is -2.08. The van der Waals surface area contributed by atoms with E-state index in [1.807, 2.05) is 13.2 Å². The molecule has 0 unspecified atom stereocenters. The maximum atomic E-state index is 12.9. The summed E-state index contributed by atoms with van der Waals surface area (Å²) in [6, 6.07) is 27.0. The minimum Gasteiger partial charge on any atom is -0.219 e. The van der Waals surface area contributed by atoms with E-state index in [-0.39, 0.29) is 19.6 Å². The molecule has 0 saturated heterocycles. The summed E-state index contributed by atoms with van der Waals surface area (Å²) in [5.41, 5.74) is 0.998. The molecule has 0 radical (unpaired) electrons. The van der Waals surface area contributed by atoms with E-state index in [0.717, 1.165) is 20.2 Å². The van der Waals surface area contributed by atoms with Crippen molar-refractivity contribution >= 4 is 43.2 Å². The highest BCUT2D eigenvalue weighted by molar-refractivity contribution is 7.99. The highest BCUT2D eigenvalue weighted by atomic mass is 32.2. The zero-order valence-corrected chi connectivity index (χ0v) is 21.8. The van der Waals surface area contributed by atoms with Crippen molar-refractivity contribution in [1.29, 1.82) is 0 Å². The Morgan fingerprint density at radius 2 is 0.765 bits per heavy atom. The second-order valence-electron chi connectivity index (χ2n) is 7.54. The van der Waals surface area contributed by atoms with Gasteiger partial charge in [-0.1, -0.05) is 29.5 Å². The van der Waals surface area contributed by atoms with Crippen LogP contribution in [-0.2, 0) is 19.7 Å². The summed E-state index contributed by atoms with van der Waals surface area (Å²) in [5, 5.41) is 0. The second kappa shape index (κ2) is 10.00. The number of hydrogen-bond acceptors (Lipinski definition) is 6. The first kappa shape index (κ1) is 24.6. The maximum Gasteiger partial charge on any atom is 0.206 e. The van der Waals surface area contributed by atoms with Crippen molar-refractivity contribution in [3.8, 4) is 0 Å². The fourth-order valence-electron chi connectivity index (χ4n) is 3.25. The maximum absolute atomic E-state index is 12.9. The van der Waals surface area contributed by atoms with Gasteiger partial charge in [0, 0.05) is 14.7 Å². The SMILES string of the molecule is CSc1ccc(S(=O)(=O)c2ccc(Sc3ccc(S(=O)(=O)c4ccc(C)cc4)cc3)cc2)cc1. The van der Waals surface area contributed by atoms with Crippen LogP contribution in [0, 0.1) is 6.92 Å². The summed E-state index contributed by atoms with van der Waals surface area (Å²) in [6.07, 6.45) is 1.94. The Balaban J connectivity index is 1.50. The molecule has 4 nitrogen and oxygen atoms in total. The average molecular weight is 527 g/mol. The van der Waals surface area contributed by atoms with E-state index in [1.54, 1.807) is 109 Å². The molecule has 0 N–H and O–H groups in total. The summed E-state index contributed by atoms with van der Waals surface area (Å²) in [7, 11) is -7.17. The van der Waals surface area contributed by atoms with Crippen LogP contribution in [0.5, 0.6) is 0 Å². The molecular weight excluding hydrogens is 505 g/mol. The van der Waals surface area contributed by atoms with Gasteiger partial charge in [-0.15, -0.1) is 11.8 Å². The number of aryl methyl sites for hydroxylation is 1. The standard InChI is InChI=1S/C26H22O4S4/c1-19-3-11-23(12-4-19)33(27,28)25-15-7-21(8-16-25)32-22-9-17-26(18-10-22)34(29,30)24-13-5-20(31-2)6-14-24/h3-18H,1-2H3. The summed E-state index contributed by atoms with van der Waals surface area (Å²) in [5.74, 6) is 0. The number of rotatable bonds is 7. The smallest absolute Gasteiger partial charge is 0.206 e. The Morgan fingerprint density at radius 1 is 0.471 bits per heavy atom. The molecule has 0 aromatic heterocycles. The zero-order valence-electron chi connectivity index (χ0n) is 18.5. The quantitative estimate of drug-likeness (QED) is 0.255. The molecule has 8 heteroatoms. The fraction of sp³-hybridized carbons (Fsp3) is 0.0769. The second-order valence-corrected chi connectivity index (χ2v) is 13.5. The molecule has 4 aromatic rings. The van der Waals surface area contributed by atoms with E-state index in [1.165, 1.54) is 11.8 Å². The van der Waals surface area contributed by atoms with Gasteiger partial charge in [0.15, 0.2) is 0 Å². The van der Waals surface area contributed by atoms with Crippen LogP contribution in [-0.4, -0.2) is 23.1 Å². The molecule has 0 saturated carbocycles.